The molecule has 4 heteroatoms. The van der Waals surface area contributed by atoms with E-state index in [2.05, 4.69) is 24.5 Å². The summed E-state index contributed by atoms with van der Waals surface area (Å²) in [5, 5.41) is 7.01. The maximum atomic E-state index is 5.77. The molecule has 1 heterocycles. The average Bonchev–Trinajstić information content (AvgIpc) is 2.88. The minimum atomic E-state index is -0.188. The van der Waals surface area contributed by atoms with E-state index in [0.29, 0.717) is 6.04 Å². The molecule has 1 aliphatic heterocycles. The maximum Gasteiger partial charge on any atom is 0.168 e. The molecule has 0 aromatic carbocycles. The third-order valence-electron chi connectivity index (χ3n) is 4.49. The van der Waals surface area contributed by atoms with Gasteiger partial charge in [-0.15, -0.1) is 0 Å². The first-order valence-electron chi connectivity index (χ1n) is 8.42. The minimum absolute atomic E-state index is 0.188. The van der Waals surface area contributed by atoms with Gasteiger partial charge in [-0.3, -0.25) is 0 Å². The molecule has 1 aliphatic carbocycles. The third kappa shape index (κ3) is 5.32. The molecule has 2 N–H and O–H groups in total. The molecular formula is C16H32N2O2. The van der Waals surface area contributed by atoms with Gasteiger partial charge in [0.2, 0.25) is 0 Å². The standard InChI is InChI=1S/C16H32N2O2/c1-14(2)18-10-3-9-17-11-6-15-4-7-16(8-5-15)19-12-13-20-16/h14-15,17-18H,3-13H2,1-2H3. The molecule has 0 amide bonds. The Labute approximate surface area is 124 Å². The Hall–Kier alpha value is -0.160. The molecule has 0 unspecified atom stereocenters. The summed E-state index contributed by atoms with van der Waals surface area (Å²) in [7, 11) is 0. The van der Waals surface area contributed by atoms with Crippen LogP contribution in [0.2, 0.25) is 0 Å². The zero-order chi connectivity index (χ0) is 14.3. The SMILES string of the molecule is CC(C)NCCCNCCC1CCC2(CC1)OCCO2. The molecule has 2 rings (SSSR count). The van der Waals surface area contributed by atoms with Crippen LogP contribution < -0.4 is 10.6 Å². The fourth-order valence-electron chi connectivity index (χ4n) is 3.23. The summed E-state index contributed by atoms with van der Waals surface area (Å²) in [6.45, 7) is 9.37. The van der Waals surface area contributed by atoms with E-state index in [9.17, 15) is 0 Å². The van der Waals surface area contributed by atoms with Crippen molar-refractivity contribution in [1.29, 1.82) is 0 Å². The second kappa shape index (κ2) is 8.32. The number of rotatable bonds is 8. The Morgan fingerprint density at radius 1 is 1.05 bits per heavy atom. The topological polar surface area (TPSA) is 42.5 Å². The lowest BCUT2D eigenvalue weighted by molar-refractivity contribution is -0.182. The van der Waals surface area contributed by atoms with Crippen LogP contribution in [0.1, 0.15) is 52.4 Å². The molecule has 2 fully saturated rings. The van der Waals surface area contributed by atoms with E-state index >= 15 is 0 Å². The highest BCUT2D eigenvalue weighted by Crippen LogP contribution is 2.39. The van der Waals surface area contributed by atoms with Crippen LogP contribution in [0.4, 0.5) is 0 Å². The summed E-state index contributed by atoms with van der Waals surface area (Å²) in [4.78, 5) is 0. The summed E-state index contributed by atoms with van der Waals surface area (Å²) >= 11 is 0. The summed E-state index contributed by atoms with van der Waals surface area (Å²) in [6, 6.07) is 0.601. The highest BCUT2D eigenvalue weighted by molar-refractivity contribution is 4.82. The summed E-state index contributed by atoms with van der Waals surface area (Å²) in [6.07, 6.45) is 7.22. The van der Waals surface area contributed by atoms with Crippen LogP contribution in [0.15, 0.2) is 0 Å². The quantitative estimate of drug-likeness (QED) is 0.671. The highest BCUT2D eigenvalue weighted by Gasteiger charge is 2.39. The van der Waals surface area contributed by atoms with Gasteiger partial charge in [-0.05, 0) is 51.2 Å². The Balaban J connectivity index is 1.45. The molecule has 0 atom stereocenters. The highest BCUT2D eigenvalue weighted by atomic mass is 16.7. The first-order valence-corrected chi connectivity index (χ1v) is 8.42. The fourth-order valence-corrected chi connectivity index (χ4v) is 3.23. The molecule has 4 nitrogen and oxygen atoms in total. The number of hydrogen-bond acceptors (Lipinski definition) is 4. The summed E-state index contributed by atoms with van der Waals surface area (Å²) in [5.74, 6) is 0.668. The number of ether oxygens (including phenoxy) is 2. The molecule has 0 bridgehead atoms. The molecule has 1 saturated carbocycles. The summed E-state index contributed by atoms with van der Waals surface area (Å²) in [5.41, 5.74) is 0. The average molecular weight is 284 g/mol. The largest absolute Gasteiger partial charge is 0.348 e. The third-order valence-corrected chi connectivity index (χ3v) is 4.49. The van der Waals surface area contributed by atoms with Crippen LogP contribution in [0.3, 0.4) is 0 Å². The van der Waals surface area contributed by atoms with E-state index in [0.717, 1.165) is 51.6 Å². The lowest BCUT2D eigenvalue weighted by atomic mass is 9.83. The van der Waals surface area contributed by atoms with E-state index in [1.807, 2.05) is 0 Å². The fraction of sp³-hybridized carbons (Fsp3) is 1.00. The van der Waals surface area contributed by atoms with Gasteiger partial charge in [0.25, 0.3) is 0 Å². The predicted molar refractivity (Wildman–Crippen MR) is 81.8 cm³/mol. The van der Waals surface area contributed by atoms with Gasteiger partial charge in [-0.1, -0.05) is 13.8 Å². The van der Waals surface area contributed by atoms with Gasteiger partial charge in [0.15, 0.2) is 5.79 Å². The van der Waals surface area contributed by atoms with Crippen molar-refractivity contribution < 1.29 is 9.47 Å². The maximum absolute atomic E-state index is 5.77. The van der Waals surface area contributed by atoms with Gasteiger partial charge in [0.05, 0.1) is 13.2 Å². The van der Waals surface area contributed by atoms with Crippen LogP contribution in [0.5, 0.6) is 0 Å². The Morgan fingerprint density at radius 2 is 1.75 bits per heavy atom. The molecule has 0 aromatic rings. The van der Waals surface area contributed by atoms with E-state index in [1.165, 1.54) is 25.7 Å². The smallest absolute Gasteiger partial charge is 0.168 e. The zero-order valence-electron chi connectivity index (χ0n) is 13.2. The predicted octanol–water partition coefficient (Wildman–Crippen LogP) is 2.29. The molecule has 0 aromatic heterocycles. The molecule has 2 aliphatic rings. The van der Waals surface area contributed by atoms with Gasteiger partial charge in [-0.2, -0.15) is 0 Å². The zero-order valence-corrected chi connectivity index (χ0v) is 13.2. The van der Waals surface area contributed by atoms with E-state index in [1.54, 1.807) is 0 Å². The van der Waals surface area contributed by atoms with Crippen LogP contribution in [-0.4, -0.2) is 44.7 Å². The molecular weight excluding hydrogens is 252 g/mol. The van der Waals surface area contributed by atoms with E-state index in [-0.39, 0.29) is 5.79 Å². The second-order valence-electron chi connectivity index (χ2n) is 6.55. The number of hydrogen-bond donors (Lipinski definition) is 2. The van der Waals surface area contributed by atoms with Crippen molar-refractivity contribution in [2.45, 2.75) is 64.2 Å². The lowest BCUT2D eigenvalue weighted by Crippen LogP contribution is -2.36. The monoisotopic (exact) mass is 284 g/mol. The molecule has 1 spiro atoms. The van der Waals surface area contributed by atoms with Gasteiger partial charge in [0.1, 0.15) is 0 Å². The second-order valence-corrected chi connectivity index (χ2v) is 6.55. The first kappa shape index (κ1) is 16.2. The number of nitrogens with one attached hydrogen (secondary N) is 2. The molecule has 1 saturated heterocycles. The Bertz CT molecular complexity index is 255. The van der Waals surface area contributed by atoms with E-state index in [4.69, 9.17) is 9.47 Å². The normalized spacial score (nSPS) is 22.9. The van der Waals surface area contributed by atoms with Gasteiger partial charge >= 0.3 is 0 Å². The van der Waals surface area contributed by atoms with Crippen molar-refractivity contribution in [2.75, 3.05) is 32.8 Å². The van der Waals surface area contributed by atoms with Crippen LogP contribution in [0, 0.1) is 5.92 Å². The van der Waals surface area contributed by atoms with Crippen molar-refractivity contribution in [2.24, 2.45) is 5.92 Å². The van der Waals surface area contributed by atoms with Gasteiger partial charge in [-0.25, -0.2) is 0 Å². The Morgan fingerprint density at radius 3 is 2.40 bits per heavy atom. The van der Waals surface area contributed by atoms with Crippen LogP contribution in [-0.2, 0) is 9.47 Å². The molecule has 20 heavy (non-hydrogen) atoms. The molecule has 118 valence electrons. The van der Waals surface area contributed by atoms with Gasteiger partial charge < -0.3 is 20.1 Å². The van der Waals surface area contributed by atoms with Crippen molar-refractivity contribution in [3.63, 3.8) is 0 Å². The molecule has 0 radical (unpaired) electrons. The van der Waals surface area contributed by atoms with Crippen molar-refractivity contribution in [3.05, 3.63) is 0 Å². The van der Waals surface area contributed by atoms with Crippen LogP contribution in [0.25, 0.3) is 0 Å². The van der Waals surface area contributed by atoms with Crippen molar-refractivity contribution >= 4 is 0 Å². The minimum Gasteiger partial charge on any atom is -0.348 e. The van der Waals surface area contributed by atoms with Crippen LogP contribution >= 0.6 is 0 Å². The summed E-state index contributed by atoms with van der Waals surface area (Å²) < 4.78 is 11.5. The van der Waals surface area contributed by atoms with Crippen molar-refractivity contribution in [1.82, 2.24) is 10.6 Å². The lowest BCUT2D eigenvalue weighted by Gasteiger charge is -2.35. The van der Waals surface area contributed by atoms with E-state index < -0.39 is 0 Å². The van der Waals surface area contributed by atoms with Crippen molar-refractivity contribution in [3.8, 4) is 0 Å². The Kier molecular flexibility index (Phi) is 6.75. The first-order chi connectivity index (χ1) is 9.70. The van der Waals surface area contributed by atoms with Gasteiger partial charge in [0, 0.05) is 18.9 Å².